The zero-order valence-corrected chi connectivity index (χ0v) is 19.7. The number of aliphatic hydroxyl groups excluding tert-OH is 1. The number of carbonyl (C=O) groups is 2. The van der Waals surface area contributed by atoms with Crippen LogP contribution in [0.2, 0.25) is 0 Å². The predicted molar refractivity (Wildman–Crippen MR) is 129 cm³/mol. The van der Waals surface area contributed by atoms with Gasteiger partial charge in [-0.25, -0.2) is 4.98 Å². The number of ketones is 1. The van der Waals surface area contributed by atoms with Crippen molar-refractivity contribution in [1.29, 1.82) is 0 Å². The van der Waals surface area contributed by atoms with Gasteiger partial charge in [0, 0.05) is 37.5 Å². The molecular weight excluding hydrogens is 446 g/mol. The molecule has 5 rings (SSSR count). The van der Waals surface area contributed by atoms with Crippen LogP contribution < -0.4 is 9.47 Å². The van der Waals surface area contributed by atoms with Crippen LogP contribution in [0.25, 0.3) is 5.76 Å². The molecule has 2 aliphatic heterocycles. The maximum atomic E-state index is 13.2. The molecule has 0 bridgehead atoms. The molecule has 0 saturated carbocycles. The summed E-state index contributed by atoms with van der Waals surface area (Å²) in [4.78, 5) is 32.0. The monoisotopic (exact) mass is 473 g/mol. The molecule has 2 atom stereocenters. The lowest BCUT2D eigenvalue weighted by Crippen LogP contribution is -2.31. The highest BCUT2D eigenvalue weighted by molar-refractivity contribution is 6.46. The van der Waals surface area contributed by atoms with Crippen LogP contribution >= 0.6 is 0 Å². The summed E-state index contributed by atoms with van der Waals surface area (Å²) in [7, 11) is 1.58. The summed E-state index contributed by atoms with van der Waals surface area (Å²) in [5.41, 5.74) is 2.29. The van der Waals surface area contributed by atoms with Gasteiger partial charge in [0.25, 0.3) is 11.7 Å². The topological polar surface area (TPSA) is 93.9 Å². The van der Waals surface area contributed by atoms with Gasteiger partial charge in [-0.3, -0.25) is 9.59 Å². The zero-order valence-electron chi connectivity index (χ0n) is 19.7. The number of aromatic nitrogens is 2. The van der Waals surface area contributed by atoms with Gasteiger partial charge in [0.15, 0.2) is 0 Å². The maximum absolute atomic E-state index is 13.2. The van der Waals surface area contributed by atoms with Gasteiger partial charge in [-0.05, 0) is 54.8 Å². The fraction of sp³-hybridized carbons (Fsp3) is 0.296. The van der Waals surface area contributed by atoms with Crippen molar-refractivity contribution in [2.24, 2.45) is 0 Å². The number of aryl methyl sites for hydroxylation is 1. The minimum absolute atomic E-state index is 0.0581. The largest absolute Gasteiger partial charge is 0.507 e. The molecule has 35 heavy (non-hydrogen) atoms. The van der Waals surface area contributed by atoms with E-state index in [1.165, 1.54) is 0 Å². The first-order valence-electron chi connectivity index (χ1n) is 11.6. The molecule has 1 fully saturated rings. The van der Waals surface area contributed by atoms with Crippen molar-refractivity contribution in [3.8, 4) is 11.5 Å². The number of imidazole rings is 1. The first kappa shape index (κ1) is 22.7. The second-order valence-corrected chi connectivity index (χ2v) is 8.87. The molecule has 1 amide bonds. The molecule has 3 heterocycles. The van der Waals surface area contributed by atoms with Crippen LogP contribution in [-0.2, 0) is 22.6 Å². The summed E-state index contributed by atoms with van der Waals surface area (Å²) >= 11 is 0. The van der Waals surface area contributed by atoms with Crippen molar-refractivity contribution in [3.63, 3.8) is 0 Å². The maximum Gasteiger partial charge on any atom is 0.295 e. The first-order valence-corrected chi connectivity index (χ1v) is 11.6. The van der Waals surface area contributed by atoms with E-state index in [0.717, 1.165) is 23.3 Å². The van der Waals surface area contributed by atoms with Gasteiger partial charge in [-0.2, -0.15) is 0 Å². The average Bonchev–Trinajstić information content (AvgIpc) is 3.57. The number of hydrogen-bond donors (Lipinski definition) is 1. The van der Waals surface area contributed by atoms with Gasteiger partial charge in [-0.1, -0.05) is 12.1 Å². The summed E-state index contributed by atoms with van der Waals surface area (Å²) in [6, 6.07) is 11.9. The Morgan fingerprint density at radius 3 is 2.69 bits per heavy atom. The van der Waals surface area contributed by atoms with E-state index in [1.807, 2.05) is 35.9 Å². The second-order valence-electron chi connectivity index (χ2n) is 8.87. The number of benzene rings is 2. The van der Waals surface area contributed by atoms with Crippen molar-refractivity contribution in [2.45, 2.75) is 38.5 Å². The Balaban J connectivity index is 1.53. The number of amides is 1. The van der Waals surface area contributed by atoms with Crippen LogP contribution in [0, 0.1) is 0 Å². The lowest BCUT2D eigenvalue weighted by atomic mass is 9.94. The minimum atomic E-state index is -0.702. The molecule has 0 radical (unpaired) electrons. The van der Waals surface area contributed by atoms with E-state index in [4.69, 9.17) is 9.47 Å². The summed E-state index contributed by atoms with van der Waals surface area (Å²) in [5.74, 6) is -0.0323. The van der Waals surface area contributed by atoms with Crippen LogP contribution in [0.1, 0.15) is 36.1 Å². The van der Waals surface area contributed by atoms with Gasteiger partial charge < -0.3 is 24.0 Å². The van der Waals surface area contributed by atoms with Crippen molar-refractivity contribution in [2.75, 3.05) is 13.7 Å². The molecule has 8 heteroatoms. The molecule has 3 aromatic rings. The Bertz CT molecular complexity index is 1280. The summed E-state index contributed by atoms with van der Waals surface area (Å²) in [6.07, 6.45) is 6.68. The van der Waals surface area contributed by atoms with Gasteiger partial charge >= 0.3 is 0 Å². The van der Waals surface area contributed by atoms with Gasteiger partial charge in [0.05, 0.1) is 25.1 Å². The normalized spacial score (nSPS) is 20.7. The molecule has 2 aromatic carbocycles. The number of hydrogen-bond acceptors (Lipinski definition) is 6. The average molecular weight is 474 g/mol. The number of likely N-dealkylation sites (tertiary alicyclic amines) is 1. The predicted octanol–water partition coefficient (Wildman–Crippen LogP) is 3.73. The van der Waals surface area contributed by atoms with Crippen molar-refractivity contribution in [3.05, 3.63) is 83.4 Å². The molecule has 1 aromatic heterocycles. The minimum Gasteiger partial charge on any atom is -0.507 e. The fourth-order valence-electron chi connectivity index (χ4n) is 4.81. The van der Waals surface area contributed by atoms with Crippen molar-refractivity contribution >= 4 is 17.4 Å². The number of Topliss-reactive ketones (excluding diaryl/α,β-unsaturated/α-hetero) is 1. The number of fused-ring (bicyclic) bond motifs is 1. The molecular formula is C27H27N3O5. The lowest BCUT2D eigenvalue weighted by molar-refractivity contribution is -0.139. The van der Waals surface area contributed by atoms with Crippen LogP contribution in [0.3, 0.4) is 0 Å². The molecule has 1 saturated heterocycles. The van der Waals surface area contributed by atoms with Crippen LogP contribution in [0.4, 0.5) is 0 Å². The highest BCUT2D eigenvalue weighted by Gasteiger charge is 2.45. The van der Waals surface area contributed by atoms with Crippen molar-refractivity contribution < 1.29 is 24.2 Å². The third kappa shape index (κ3) is 4.27. The Morgan fingerprint density at radius 2 is 1.97 bits per heavy atom. The Hall–Kier alpha value is -4.07. The standard InChI is InChI=1S/C27H27N3O5/c1-17-14-20-15-19(6-9-22(20)35-17)25(31)23-24(18-4-7-21(34-2)8-5-18)30(27(33)26(23)32)12-3-11-29-13-10-28-16-29/h4-10,13,15-17,24,31H,3,11-12,14H2,1-2H3/t17-,24+/m0/s1. The number of methoxy groups -OCH3 is 1. The molecule has 0 unspecified atom stereocenters. The fourth-order valence-corrected chi connectivity index (χ4v) is 4.81. The van der Waals surface area contributed by atoms with E-state index in [9.17, 15) is 14.7 Å². The highest BCUT2D eigenvalue weighted by atomic mass is 16.5. The van der Waals surface area contributed by atoms with Gasteiger partial charge in [-0.15, -0.1) is 0 Å². The van der Waals surface area contributed by atoms with Gasteiger partial charge in [0.2, 0.25) is 0 Å². The number of ether oxygens (including phenoxy) is 2. The third-order valence-electron chi connectivity index (χ3n) is 6.52. The highest BCUT2D eigenvalue weighted by Crippen LogP contribution is 2.41. The molecule has 8 nitrogen and oxygen atoms in total. The molecule has 1 N–H and O–H groups in total. The Morgan fingerprint density at radius 1 is 1.17 bits per heavy atom. The Labute approximate surface area is 203 Å². The van der Waals surface area contributed by atoms with Crippen LogP contribution in [0.15, 0.2) is 66.8 Å². The number of nitrogens with zero attached hydrogens (tertiary/aromatic N) is 3. The zero-order chi connectivity index (χ0) is 24.5. The quantitative estimate of drug-likeness (QED) is 0.319. The second kappa shape index (κ2) is 9.29. The number of aliphatic hydroxyl groups is 1. The number of carbonyl (C=O) groups excluding carboxylic acids is 2. The SMILES string of the molecule is COc1ccc([C@@H]2C(=C(O)c3ccc4c(c3)C[C@H](C)O4)C(=O)C(=O)N2CCCn2ccnc2)cc1. The summed E-state index contributed by atoms with van der Waals surface area (Å²) < 4.78 is 13.0. The van der Waals surface area contributed by atoms with E-state index < -0.39 is 17.7 Å². The van der Waals surface area contributed by atoms with E-state index in [-0.39, 0.29) is 17.4 Å². The summed E-state index contributed by atoms with van der Waals surface area (Å²) in [5, 5.41) is 11.3. The van der Waals surface area contributed by atoms with E-state index in [2.05, 4.69) is 4.98 Å². The van der Waals surface area contributed by atoms with E-state index in [1.54, 1.807) is 48.8 Å². The smallest absolute Gasteiger partial charge is 0.295 e. The number of rotatable bonds is 7. The summed E-state index contributed by atoms with van der Waals surface area (Å²) in [6.45, 7) is 2.99. The molecule has 2 aliphatic rings. The molecule has 0 spiro atoms. The molecule has 180 valence electrons. The first-order chi connectivity index (χ1) is 17.0. The van der Waals surface area contributed by atoms with Crippen molar-refractivity contribution in [1.82, 2.24) is 14.5 Å². The van der Waals surface area contributed by atoms with Crippen LogP contribution in [0.5, 0.6) is 11.5 Å². The van der Waals surface area contributed by atoms with E-state index in [0.29, 0.717) is 30.8 Å². The Kier molecular flexibility index (Phi) is 6.03. The van der Waals surface area contributed by atoms with Crippen LogP contribution in [-0.4, -0.2) is 51.0 Å². The van der Waals surface area contributed by atoms with Gasteiger partial charge in [0.1, 0.15) is 23.4 Å². The van der Waals surface area contributed by atoms with E-state index >= 15 is 0 Å². The third-order valence-corrected chi connectivity index (χ3v) is 6.52. The molecule has 0 aliphatic carbocycles. The lowest BCUT2D eigenvalue weighted by Gasteiger charge is -2.25.